The fourth-order valence-corrected chi connectivity index (χ4v) is 4.11. The highest BCUT2D eigenvalue weighted by molar-refractivity contribution is 5.96. The monoisotopic (exact) mass is 463 g/mol. The van der Waals surface area contributed by atoms with Gasteiger partial charge in [-0.25, -0.2) is 14.4 Å². The van der Waals surface area contributed by atoms with E-state index < -0.39 is 6.03 Å². The van der Waals surface area contributed by atoms with Crippen LogP contribution >= 0.6 is 0 Å². The summed E-state index contributed by atoms with van der Waals surface area (Å²) in [6, 6.07) is 16.8. The number of rotatable bonds is 10. The average molecular weight is 464 g/mol. The number of anilines is 3. The minimum atomic E-state index is -0.640. The lowest BCUT2D eigenvalue weighted by Crippen LogP contribution is -2.32. The van der Waals surface area contributed by atoms with Gasteiger partial charge in [-0.2, -0.15) is 4.98 Å². The van der Waals surface area contributed by atoms with Crippen molar-refractivity contribution >= 4 is 23.6 Å². The topological polar surface area (TPSA) is 102 Å². The number of primary amides is 1. The normalized spacial score (nSPS) is 14.0. The molecule has 2 aromatic carbocycles. The number of hydrogen-bond acceptors (Lipinski definition) is 6. The maximum absolute atomic E-state index is 12.0. The summed E-state index contributed by atoms with van der Waals surface area (Å²) in [6.07, 6.45) is 4.72. The van der Waals surface area contributed by atoms with E-state index in [0.29, 0.717) is 24.8 Å². The second-order valence-corrected chi connectivity index (χ2v) is 8.48. The molecule has 0 atom stereocenters. The van der Waals surface area contributed by atoms with Gasteiger partial charge in [-0.05, 0) is 62.2 Å². The summed E-state index contributed by atoms with van der Waals surface area (Å²) in [4.78, 5) is 20.3. The molecule has 0 saturated carbocycles. The molecule has 0 aliphatic carbocycles. The molecule has 0 spiro atoms. The number of hydrogen-bond donors (Lipinski definition) is 2. The molecule has 1 aliphatic heterocycles. The lowest BCUT2D eigenvalue weighted by atomic mass is 10.1. The van der Waals surface area contributed by atoms with Crippen molar-refractivity contribution in [2.24, 2.45) is 12.8 Å². The quantitative estimate of drug-likeness (QED) is 0.442. The third kappa shape index (κ3) is 6.26. The number of piperidine rings is 1. The number of amides is 2. The number of benzene rings is 2. The van der Waals surface area contributed by atoms with Crippen molar-refractivity contribution in [1.82, 2.24) is 19.7 Å². The number of nitrogens with one attached hydrogen (secondary N) is 1. The standard InChI is InChI=1S/C25H33N7O2/c1-30-24(28-25(29-30)32(23(26)33)21-11-4-2-5-12-21)27-14-9-17-34-22-13-8-10-20(18-22)19-31-15-6-3-7-16-31/h2,4-5,8,10-13,18H,3,6-7,9,14-17,19H2,1H3,(H2,26,33)(H,27,28,29). The molecular formula is C25H33N7O2. The number of likely N-dealkylation sites (tertiary alicyclic amines) is 1. The Morgan fingerprint density at radius 1 is 1.12 bits per heavy atom. The van der Waals surface area contributed by atoms with Gasteiger partial charge in [-0.1, -0.05) is 36.8 Å². The van der Waals surface area contributed by atoms with Gasteiger partial charge in [0.2, 0.25) is 5.95 Å². The first kappa shape index (κ1) is 23.6. The Morgan fingerprint density at radius 2 is 1.91 bits per heavy atom. The molecule has 0 bridgehead atoms. The lowest BCUT2D eigenvalue weighted by molar-refractivity contribution is 0.220. The number of aromatic nitrogens is 3. The summed E-state index contributed by atoms with van der Waals surface area (Å²) in [6.45, 7) is 4.59. The molecule has 2 amide bonds. The van der Waals surface area contributed by atoms with Gasteiger partial charge in [0.15, 0.2) is 0 Å². The summed E-state index contributed by atoms with van der Waals surface area (Å²) in [5.41, 5.74) is 7.48. The lowest BCUT2D eigenvalue weighted by Gasteiger charge is -2.26. The number of ether oxygens (including phenoxy) is 1. The molecular weight excluding hydrogens is 430 g/mol. The summed E-state index contributed by atoms with van der Waals surface area (Å²) in [7, 11) is 1.77. The fraction of sp³-hybridized carbons (Fsp3) is 0.400. The minimum absolute atomic E-state index is 0.227. The maximum Gasteiger partial charge on any atom is 0.326 e. The second kappa shape index (κ2) is 11.5. The zero-order chi connectivity index (χ0) is 23.8. The van der Waals surface area contributed by atoms with Gasteiger partial charge in [-0.3, -0.25) is 4.90 Å². The van der Waals surface area contributed by atoms with E-state index in [0.717, 1.165) is 18.7 Å². The Bertz CT molecular complexity index is 1060. The van der Waals surface area contributed by atoms with Gasteiger partial charge in [0.25, 0.3) is 5.95 Å². The van der Waals surface area contributed by atoms with E-state index in [9.17, 15) is 4.79 Å². The van der Waals surface area contributed by atoms with Crippen LogP contribution in [0.25, 0.3) is 0 Å². The summed E-state index contributed by atoms with van der Waals surface area (Å²) < 4.78 is 7.56. The van der Waals surface area contributed by atoms with Gasteiger partial charge in [-0.15, -0.1) is 5.10 Å². The highest BCUT2D eigenvalue weighted by Crippen LogP contribution is 2.23. The predicted octanol–water partition coefficient (Wildman–Crippen LogP) is 3.90. The molecule has 9 heteroatoms. The number of aryl methyl sites for hydroxylation is 1. The number of nitrogens with two attached hydrogens (primary N) is 1. The van der Waals surface area contributed by atoms with Gasteiger partial charge in [0.05, 0.1) is 12.3 Å². The van der Waals surface area contributed by atoms with Crippen LogP contribution < -0.4 is 20.7 Å². The maximum atomic E-state index is 12.0. The number of urea groups is 1. The van der Waals surface area contributed by atoms with Crippen LogP contribution in [0.15, 0.2) is 54.6 Å². The molecule has 1 saturated heterocycles. The van der Waals surface area contributed by atoms with Crippen LogP contribution in [0.5, 0.6) is 5.75 Å². The van der Waals surface area contributed by atoms with Crippen molar-refractivity contribution < 1.29 is 9.53 Å². The van der Waals surface area contributed by atoms with Crippen molar-refractivity contribution in [2.75, 3.05) is 36.5 Å². The van der Waals surface area contributed by atoms with Crippen LogP contribution in [0.3, 0.4) is 0 Å². The highest BCUT2D eigenvalue weighted by atomic mass is 16.5. The predicted molar refractivity (Wildman–Crippen MR) is 133 cm³/mol. The third-order valence-electron chi connectivity index (χ3n) is 5.81. The second-order valence-electron chi connectivity index (χ2n) is 8.48. The van der Waals surface area contributed by atoms with Gasteiger partial charge in [0.1, 0.15) is 5.75 Å². The van der Waals surface area contributed by atoms with Crippen molar-refractivity contribution in [2.45, 2.75) is 32.2 Å². The number of carbonyl (C=O) groups excluding carboxylic acids is 1. The highest BCUT2D eigenvalue weighted by Gasteiger charge is 2.20. The van der Waals surface area contributed by atoms with E-state index in [1.54, 1.807) is 23.9 Å². The molecule has 1 fully saturated rings. The van der Waals surface area contributed by atoms with E-state index in [-0.39, 0.29) is 5.95 Å². The molecule has 3 N–H and O–H groups in total. The third-order valence-corrected chi connectivity index (χ3v) is 5.81. The summed E-state index contributed by atoms with van der Waals surface area (Å²) >= 11 is 0. The fourth-order valence-electron chi connectivity index (χ4n) is 4.11. The number of nitrogens with zero attached hydrogens (tertiary/aromatic N) is 5. The Kier molecular flexibility index (Phi) is 7.98. The molecule has 9 nitrogen and oxygen atoms in total. The molecule has 1 aromatic heterocycles. The molecule has 0 unspecified atom stereocenters. The van der Waals surface area contributed by atoms with Gasteiger partial charge in [0, 0.05) is 20.1 Å². The van der Waals surface area contributed by atoms with E-state index in [2.05, 4.69) is 38.5 Å². The van der Waals surface area contributed by atoms with Gasteiger partial charge < -0.3 is 15.8 Å². The number of carbonyl (C=O) groups is 1. The smallest absolute Gasteiger partial charge is 0.326 e. The zero-order valence-electron chi connectivity index (χ0n) is 19.7. The summed E-state index contributed by atoms with van der Waals surface area (Å²) in [5.74, 6) is 1.68. The Hall–Kier alpha value is -3.59. The van der Waals surface area contributed by atoms with E-state index >= 15 is 0 Å². The van der Waals surface area contributed by atoms with Crippen LogP contribution in [-0.4, -0.2) is 51.9 Å². The van der Waals surface area contributed by atoms with Crippen LogP contribution in [0.2, 0.25) is 0 Å². The molecule has 4 rings (SSSR count). The van der Waals surface area contributed by atoms with Crippen LogP contribution in [-0.2, 0) is 13.6 Å². The SMILES string of the molecule is Cn1nc(N(C(N)=O)c2ccccc2)nc1NCCCOc1cccc(CN2CCCCC2)c1. The molecule has 0 radical (unpaired) electrons. The van der Waals surface area contributed by atoms with Crippen LogP contribution in [0.1, 0.15) is 31.2 Å². The van der Waals surface area contributed by atoms with Crippen molar-refractivity contribution in [1.29, 1.82) is 0 Å². The Morgan fingerprint density at radius 3 is 2.68 bits per heavy atom. The minimum Gasteiger partial charge on any atom is -0.494 e. The number of para-hydroxylation sites is 1. The van der Waals surface area contributed by atoms with Gasteiger partial charge >= 0.3 is 6.03 Å². The molecule has 3 aromatic rings. The molecule has 34 heavy (non-hydrogen) atoms. The van der Waals surface area contributed by atoms with Crippen LogP contribution in [0.4, 0.5) is 22.4 Å². The molecule has 2 heterocycles. The zero-order valence-corrected chi connectivity index (χ0v) is 19.7. The van der Waals surface area contributed by atoms with Crippen molar-refractivity contribution in [3.63, 3.8) is 0 Å². The van der Waals surface area contributed by atoms with E-state index in [1.165, 1.54) is 42.8 Å². The first-order valence-corrected chi connectivity index (χ1v) is 11.8. The summed E-state index contributed by atoms with van der Waals surface area (Å²) in [5, 5.41) is 7.60. The Labute approximate surface area is 200 Å². The van der Waals surface area contributed by atoms with Crippen molar-refractivity contribution in [3.05, 3.63) is 60.2 Å². The largest absolute Gasteiger partial charge is 0.494 e. The average Bonchev–Trinajstić information content (AvgIpc) is 3.20. The first-order valence-electron chi connectivity index (χ1n) is 11.8. The van der Waals surface area contributed by atoms with Crippen LogP contribution in [0, 0.1) is 0 Å². The molecule has 1 aliphatic rings. The van der Waals surface area contributed by atoms with E-state index in [1.807, 2.05) is 24.3 Å². The first-order chi connectivity index (χ1) is 16.6. The molecule has 180 valence electrons. The Balaban J connectivity index is 1.26. The van der Waals surface area contributed by atoms with Crippen molar-refractivity contribution in [3.8, 4) is 5.75 Å². The van der Waals surface area contributed by atoms with E-state index in [4.69, 9.17) is 10.5 Å².